The topological polar surface area (TPSA) is 524 Å². The molecule has 1 aromatic heterocycles. The van der Waals surface area contributed by atoms with Gasteiger partial charge in [0.05, 0.1) is 90.6 Å². The van der Waals surface area contributed by atoms with Crippen molar-refractivity contribution in [3.63, 3.8) is 0 Å². The summed E-state index contributed by atoms with van der Waals surface area (Å²) in [5.41, 5.74) is -24.8. The Hall–Kier alpha value is -10.4. The minimum atomic E-state index is -2.01. The average Bonchev–Trinajstić information content (AvgIpc) is 3.13. The predicted octanol–water partition coefficient (Wildman–Crippen LogP) is 5.30. The summed E-state index contributed by atoms with van der Waals surface area (Å²) in [7, 11) is 0. The van der Waals surface area contributed by atoms with E-state index in [9.17, 15) is 111 Å². The van der Waals surface area contributed by atoms with Crippen molar-refractivity contribution in [1.29, 1.82) is 0 Å². The van der Waals surface area contributed by atoms with E-state index >= 15 is 0 Å². The monoisotopic (exact) mass is 847 g/mol. The van der Waals surface area contributed by atoms with Crippen LogP contribution in [0.15, 0.2) is 36.4 Å². The Balaban J connectivity index is 2.31. The van der Waals surface area contributed by atoms with Gasteiger partial charge in [-0.1, -0.05) is 0 Å². The van der Waals surface area contributed by atoms with Crippen LogP contribution in [0, 0.1) is 111 Å². The van der Waals surface area contributed by atoms with Crippen molar-refractivity contribution in [3.05, 3.63) is 148 Å². The summed E-state index contributed by atoms with van der Waals surface area (Å²) in [6.07, 6.45) is 0. The van der Waals surface area contributed by atoms with Crippen LogP contribution in [0.3, 0.4) is 0 Å². The Bertz CT molecular complexity index is 2480. The fraction of sp³-hybridized carbons (Fsp3) is 0. The van der Waals surface area contributed by atoms with Crippen LogP contribution in [0.5, 0.6) is 0 Å². The van der Waals surface area contributed by atoms with Gasteiger partial charge in [0.25, 0.3) is 17.1 Å². The van der Waals surface area contributed by atoms with Gasteiger partial charge < -0.3 is 16.0 Å². The van der Waals surface area contributed by atoms with Crippen LogP contribution in [0.4, 0.5) is 96.9 Å². The van der Waals surface area contributed by atoms with Gasteiger partial charge in [-0.25, -0.2) is 0 Å². The highest BCUT2D eigenvalue weighted by molar-refractivity contribution is 5.97. The molecule has 37 nitrogen and oxygen atoms in total. The molecule has 0 fully saturated rings. The van der Waals surface area contributed by atoms with Crippen molar-refractivity contribution in [2.45, 2.75) is 0 Å². The van der Waals surface area contributed by atoms with E-state index in [4.69, 9.17) is 0 Å². The molecular weight excluding hydrogens is 838 g/mol. The lowest BCUT2D eigenvalue weighted by Crippen LogP contribution is -2.13. The molecule has 0 saturated carbocycles. The van der Waals surface area contributed by atoms with Gasteiger partial charge in [-0.3, -0.25) is 111 Å². The largest absolute Gasteiger partial charge is 0.342 e. The molecule has 4 aromatic rings. The van der Waals surface area contributed by atoms with Gasteiger partial charge in [0.2, 0.25) is 17.3 Å². The van der Waals surface area contributed by atoms with Crippen LogP contribution >= 0.6 is 0 Å². The highest BCUT2D eigenvalue weighted by Gasteiger charge is 2.43. The number of hydrogen-bond acceptors (Lipinski definition) is 26. The Morgan fingerprint density at radius 1 is 0.300 bits per heavy atom. The van der Waals surface area contributed by atoms with Gasteiger partial charge >= 0.3 is 45.5 Å². The molecule has 3 N–H and O–H groups in total. The maximum Gasteiger partial charge on any atom is 0.342 e. The van der Waals surface area contributed by atoms with Crippen molar-refractivity contribution in [2.24, 2.45) is 0 Å². The fourth-order valence-corrected chi connectivity index (χ4v) is 4.93. The normalized spacial score (nSPS) is 10.5. The van der Waals surface area contributed by atoms with E-state index in [0.717, 1.165) is 0 Å². The molecule has 1 heterocycles. The molecule has 4 rings (SSSR count). The minimum Gasteiger partial charge on any atom is -0.333 e. The quantitative estimate of drug-likeness (QED) is 0.0895. The second-order valence-electron chi connectivity index (χ2n) is 10.7. The lowest BCUT2D eigenvalue weighted by molar-refractivity contribution is -0.402. The molecule has 0 bridgehead atoms. The molecule has 0 unspecified atom stereocenters. The molecule has 37 heteroatoms. The van der Waals surface area contributed by atoms with E-state index in [0.29, 0.717) is 0 Å². The summed E-state index contributed by atoms with van der Waals surface area (Å²) < 4.78 is 0. The summed E-state index contributed by atoms with van der Waals surface area (Å²) in [5, 5.41) is 137. The molecule has 0 aliphatic carbocycles. The smallest absolute Gasteiger partial charge is 0.333 e. The summed E-state index contributed by atoms with van der Waals surface area (Å²) in [6.45, 7) is 0. The van der Waals surface area contributed by atoms with E-state index in [2.05, 4.69) is 4.98 Å². The summed E-state index contributed by atoms with van der Waals surface area (Å²) >= 11 is 0. The van der Waals surface area contributed by atoms with Crippen LogP contribution in [-0.2, 0) is 0 Å². The number of aromatic nitrogens is 1. The maximum absolute atomic E-state index is 12.7. The Morgan fingerprint density at radius 3 is 0.700 bits per heavy atom. The summed E-state index contributed by atoms with van der Waals surface area (Å²) in [4.78, 5) is 118. The highest BCUT2D eigenvalue weighted by atomic mass is 16.7. The van der Waals surface area contributed by atoms with Crippen LogP contribution in [0.1, 0.15) is 0 Å². The minimum absolute atomic E-state index is 0.0136. The first kappa shape index (κ1) is 42.4. The van der Waals surface area contributed by atoms with Gasteiger partial charge in [0.1, 0.15) is 0 Å². The molecule has 3 aromatic carbocycles. The molecule has 0 saturated heterocycles. The first-order chi connectivity index (χ1) is 27.9. The second-order valence-corrected chi connectivity index (χ2v) is 10.7. The van der Waals surface area contributed by atoms with Gasteiger partial charge in [-0.2, -0.15) is 4.98 Å². The van der Waals surface area contributed by atoms with Gasteiger partial charge in [0, 0.05) is 0 Å². The lowest BCUT2D eigenvalue weighted by Gasteiger charge is -2.15. The molecule has 0 radical (unpaired) electrons. The SMILES string of the molecule is O=[N+]([O-])c1cc([N+](=O)[O-])c(Nc2nc(Nc3c([N+](=O)[O-])cc([N+](=O)[O-])cc3[N+](=O)[O-])c([N+](=O)[O-])c(Nc3c([N+](=O)[O-])cc([N+](=O)[O-])cc3[N+](=O)[O-])c2[N+](=O)[O-])c([N+](=O)[O-])c1. The Kier molecular flexibility index (Phi) is 11.1. The first-order valence-electron chi connectivity index (χ1n) is 14.4. The van der Waals surface area contributed by atoms with E-state index in [1.165, 1.54) is 0 Å². The van der Waals surface area contributed by atoms with Crippen LogP contribution in [0.2, 0.25) is 0 Å². The van der Waals surface area contributed by atoms with Gasteiger partial charge in [-0.05, 0) is 0 Å². The second kappa shape index (κ2) is 15.8. The third kappa shape index (κ3) is 8.01. The van der Waals surface area contributed by atoms with E-state index in [1.54, 1.807) is 16.0 Å². The molecular formula is C23H9N15O22. The van der Waals surface area contributed by atoms with Crippen molar-refractivity contribution >= 4 is 96.9 Å². The maximum atomic E-state index is 12.7. The number of hydrogen-bond donors (Lipinski definition) is 3. The predicted molar refractivity (Wildman–Crippen MR) is 187 cm³/mol. The van der Waals surface area contributed by atoms with Crippen molar-refractivity contribution in [2.75, 3.05) is 16.0 Å². The number of nitrogens with one attached hydrogen (secondary N) is 3. The molecule has 308 valence electrons. The van der Waals surface area contributed by atoms with E-state index < -0.39 is 151 Å². The molecule has 60 heavy (non-hydrogen) atoms. The number of nitro benzene ring substituents is 9. The Labute approximate surface area is 320 Å². The molecule has 0 atom stereocenters. The first-order valence-corrected chi connectivity index (χ1v) is 14.4. The van der Waals surface area contributed by atoms with Crippen LogP contribution in [0.25, 0.3) is 0 Å². The summed E-state index contributed by atoms with van der Waals surface area (Å²) in [5.74, 6) is -3.51. The number of benzene rings is 3. The van der Waals surface area contributed by atoms with Crippen molar-refractivity contribution in [1.82, 2.24) is 4.98 Å². The fourth-order valence-electron chi connectivity index (χ4n) is 4.93. The molecule has 0 aliphatic rings. The van der Waals surface area contributed by atoms with Crippen molar-refractivity contribution in [3.8, 4) is 0 Å². The van der Waals surface area contributed by atoms with E-state index in [1.807, 2.05) is 0 Å². The molecule has 0 amide bonds. The third-order valence-electron chi connectivity index (χ3n) is 7.30. The number of non-ortho nitro benzene ring substituents is 3. The molecule has 0 spiro atoms. The van der Waals surface area contributed by atoms with Crippen LogP contribution in [-0.4, -0.2) is 59.1 Å². The standard InChI is InChI=1S/C23H9N15O22/c39-28(40)7-1-10(31(45)46)16(11(2-7)32(47)48)24-19-20(37(57)58)22(25-17-12(33(49)50)3-8(29(41)42)4-13(17)34(51)52)27-23(21(19)38(59)60)26-18-14(35(53)54)5-9(30(43)44)6-15(18)36(55)56/h1-6H,(H3,24,25,26,27). The third-order valence-corrected chi connectivity index (χ3v) is 7.30. The Morgan fingerprint density at radius 2 is 0.517 bits per heavy atom. The van der Waals surface area contributed by atoms with Gasteiger partial charge in [0.15, 0.2) is 17.1 Å². The number of rotatable bonds is 17. The number of nitrogens with zero attached hydrogens (tertiary/aromatic N) is 12. The lowest BCUT2D eigenvalue weighted by atomic mass is 10.1. The van der Waals surface area contributed by atoms with Gasteiger partial charge in [-0.15, -0.1) is 0 Å². The van der Waals surface area contributed by atoms with E-state index in [-0.39, 0.29) is 36.4 Å². The zero-order valence-corrected chi connectivity index (χ0v) is 27.8. The summed E-state index contributed by atoms with van der Waals surface area (Å²) in [6, 6.07) is 0.242. The number of nitro groups is 11. The van der Waals surface area contributed by atoms with Crippen LogP contribution < -0.4 is 16.0 Å². The zero-order valence-electron chi connectivity index (χ0n) is 27.8. The highest BCUT2D eigenvalue weighted by Crippen LogP contribution is 2.52. The zero-order chi connectivity index (χ0) is 45.2. The number of pyridine rings is 1. The van der Waals surface area contributed by atoms with Crippen molar-refractivity contribution < 1.29 is 54.2 Å². The average molecular weight is 847 g/mol. The molecule has 0 aliphatic heterocycles. The number of anilines is 6.